The molecule has 0 amide bonds. The zero-order valence-electron chi connectivity index (χ0n) is 11.0. The lowest BCUT2D eigenvalue weighted by molar-refractivity contribution is 0.484. The highest BCUT2D eigenvalue weighted by Gasteiger charge is 2.15. The van der Waals surface area contributed by atoms with Crippen LogP contribution in [0, 0.1) is 0 Å². The van der Waals surface area contributed by atoms with Crippen LogP contribution in [0.15, 0.2) is 71.6 Å². The molecular weight excluding hydrogens is 286 g/mol. The standard InChI is InChI=1S/C16H13NO3S/c18-21(19,20)16-11-14(17-13-7-2-1-3-8-13)10-12-6-4-5-9-15(12)16/h1-11,17H,(H,18,19,20). The van der Waals surface area contributed by atoms with Crippen LogP contribution in [0.3, 0.4) is 0 Å². The minimum Gasteiger partial charge on any atom is -0.355 e. The molecule has 0 saturated heterocycles. The molecule has 0 aliphatic heterocycles. The van der Waals surface area contributed by atoms with Gasteiger partial charge in [0.1, 0.15) is 4.90 Å². The van der Waals surface area contributed by atoms with Crippen LogP contribution in [0.2, 0.25) is 0 Å². The van der Waals surface area contributed by atoms with Gasteiger partial charge in [0.15, 0.2) is 0 Å². The summed E-state index contributed by atoms with van der Waals surface area (Å²) in [5, 5.41) is 4.37. The van der Waals surface area contributed by atoms with E-state index in [0.717, 1.165) is 11.1 Å². The van der Waals surface area contributed by atoms with E-state index in [1.807, 2.05) is 42.5 Å². The molecule has 4 nitrogen and oxygen atoms in total. The molecule has 106 valence electrons. The maximum Gasteiger partial charge on any atom is 0.295 e. The van der Waals surface area contributed by atoms with Gasteiger partial charge in [-0.25, -0.2) is 0 Å². The van der Waals surface area contributed by atoms with Gasteiger partial charge in [-0.1, -0.05) is 42.5 Å². The van der Waals surface area contributed by atoms with Crippen molar-refractivity contribution in [1.82, 2.24) is 0 Å². The van der Waals surface area contributed by atoms with Crippen molar-refractivity contribution in [2.45, 2.75) is 4.90 Å². The first-order chi connectivity index (χ1) is 10.0. The molecule has 0 saturated carbocycles. The van der Waals surface area contributed by atoms with Crippen LogP contribution in [-0.4, -0.2) is 13.0 Å². The van der Waals surface area contributed by atoms with E-state index in [2.05, 4.69) is 5.32 Å². The number of para-hydroxylation sites is 1. The number of hydrogen-bond donors (Lipinski definition) is 2. The third kappa shape index (κ3) is 2.89. The molecule has 0 spiro atoms. The van der Waals surface area contributed by atoms with Crippen LogP contribution in [0.5, 0.6) is 0 Å². The molecule has 0 fully saturated rings. The Bertz CT molecular complexity index is 890. The molecule has 21 heavy (non-hydrogen) atoms. The van der Waals surface area contributed by atoms with Crippen LogP contribution >= 0.6 is 0 Å². The van der Waals surface area contributed by atoms with Gasteiger partial charge in [-0.05, 0) is 29.7 Å². The first-order valence-electron chi connectivity index (χ1n) is 6.36. The number of hydrogen-bond acceptors (Lipinski definition) is 3. The summed E-state index contributed by atoms with van der Waals surface area (Å²) in [6, 6.07) is 19.7. The molecule has 0 unspecified atom stereocenters. The van der Waals surface area contributed by atoms with Crippen LogP contribution in [0.25, 0.3) is 10.8 Å². The smallest absolute Gasteiger partial charge is 0.295 e. The van der Waals surface area contributed by atoms with Crippen molar-refractivity contribution in [2.24, 2.45) is 0 Å². The second-order valence-corrected chi connectivity index (χ2v) is 6.05. The Hall–Kier alpha value is -2.37. The minimum atomic E-state index is -4.28. The van der Waals surface area contributed by atoms with Gasteiger partial charge >= 0.3 is 0 Å². The first kappa shape index (κ1) is 13.6. The van der Waals surface area contributed by atoms with Crippen LogP contribution in [0.4, 0.5) is 11.4 Å². The number of nitrogens with one attached hydrogen (secondary N) is 1. The number of anilines is 2. The van der Waals surface area contributed by atoms with Crippen molar-refractivity contribution in [3.8, 4) is 0 Å². The Morgan fingerprint density at radius 2 is 1.48 bits per heavy atom. The van der Waals surface area contributed by atoms with Crippen molar-refractivity contribution < 1.29 is 13.0 Å². The predicted molar refractivity (Wildman–Crippen MR) is 83.5 cm³/mol. The SMILES string of the molecule is O=S(=O)(O)c1cc(Nc2ccccc2)cc2ccccc12. The third-order valence-electron chi connectivity index (χ3n) is 3.16. The van der Waals surface area contributed by atoms with E-state index < -0.39 is 10.1 Å². The van der Waals surface area contributed by atoms with Crippen LogP contribution < -0.4 is 5.32 Å². The topological polar surface area (TPSA) is 66.4 Å². The zero-order valence-corrected chi connectivity index (χ0v) is 11.8. The second kappa shape index (κ2) is 5.20. The number of rotatable bonds is 3. The molecule has 5 heteroatoms. The first-order valence-corrected chi connectivity index (χ1v) is 7.80. The summed E-state index contributed by atoms with van der Waals surface area (Å²) in [6.07, 6.45) is 0. The predicted octanol–water partition coefficient (Wildman–Crippen LogP) is 3.83. The number of benzene rings is 3. The lowest BCUT2D eigenvalue weighted by Gasteiger charge is -2.10. The van der Waals surface area contributed by atoms with E-state index in [9.17, 15) is 13.0 Å². The molecule has 0 aromatic heterocycles. The third-order valence-corrected chi connectivity index (χ3v) is 4.06. The molecule has 0 aliphatic rings. The Balaban J connectivity index is 2.17. The monoisotopic (exact) mass is 299 g/mol. The highest BCUT2D eigenvalue weighted by atomic mass is 32.2. The molecule has 0 aliphatic carbocycles. The average Bonchev–Trinajstić information content (AvgIpc) is 2.46. The quantitative estimate of drug-likeness (QED) is 0.721. The molecule has 0 bridgehead atoms. The summed E-state index contributed by atoms with van der Waals surface area (Å²) < 4.78 is 32.6. The molecular formula is C16H13NO3S. The zero-order chi connectivity index (χ0) is 14.9. The summed E-state index contributed by atoms with van der Waals surface area (Å²) in [4.78, 5) is -0.0981. The van der Waals surface area contributed by atoms with E-state index in [-0.39, 0.29) is 4.90 Å². The Labute approximate surface area is 122 Å². The van der Waals surface area contributed by atoms with Crippen molar-refractivity contribution in [2.75, 3.05) is 5.32 Å². The lowest BCUT2D eigenvalue weighted by Crippen LogP contribution is -2.01. The molecule has 0 heterocycles. The molecule has 3 aromatic carbocycles. The summed E-state index contributed by atoms with van der Waals surface area (Å²) in [5.74, 6) is 0. The Morgan fingerprint density at radius 3 is 2.19 bits per heavy atom. The van der Waals surface area contributed by atoms with E-state index >= 15 is 0 Å². The molecule has 3 aromatic rings. The second-order valence-electron chi connectivity index (χ2n) is 4.66. The minimum absolute atomic E-state index is 0.0981. The molecule has 3 rings (SSSR count). The normalized spacial score (nSPS) is 11.5. The Kier molecular flexibility index (Phi) is 3.37. The maximum atomic E-state index is 11.6. The van der Waals surface area contributed by atoms with Crippen molar-refractivity contribution in [1.29, 1.82) is 0 Å². The molecule has 0 radical (unpaired) electrons. The van der Waals surface area contributed by atoms with Gasteiger partial charge in [0, 0.05) is 16.8 Å². The van der Waals surface area contributed by atoms with Crippen LogP contribution in [-0.2, 0) is 10.1 Å². The fraction of sp³-hybridized carbons (Fsp3) is 0. The highest BCUT2D eigenvalue weighted by Crippen LogP contribution is 2.29. The van der Waals surface area contributed by atoms with Gasteiger partial charge < -0.3 is 5.32 Å². The van der Waals surface area contributed by atoms with Crippen LogP contribution in [0.1, 0.15) is 0 Å². The summed E-state index contributed by atoms with van der Waals surface area (Å²) >= 11 is 0. The maximum absolute atomic E-state index is 11.6. The van der Waals surface area contributed by atoms with E-state index in [1.54, 1.807) is 18.2 Å². The molecule has 0 atom stereocenters. The van der Waals surface area contributed by atoms with Gasteiger partial charge in [0.25, 0.3) is 10.1 Å². The fourth-order valence-electron chi connectivity index (χ4n) is 2.25. The fourth-order valence-corrected chi connectivity index (χ4v) is 2.99. The summed E-state index contributed by atoms with van der Waals surface area (Å²) in [5.41, 5.74) is 1.45. The van der Waals surface area contributed by atoms with Crippen molar-refractivity contribution in [3.63, 3.8) is 0 Å². The van der Waals surface area contributed by atoms with Gasteiger partial charge in [0.05, 0.1) is 0 Å². The largest absolute Gasteiger partial charge is 0.355 e. The van der Waals surface area contributed by atoms with E-state index in [1.165, 1.54) is 6.07 Å². The van der Waals surface area contributed by atoms with E-state index in [0.29, 0.717) is 11.1 Å². The summed E-state index contributed by atoms with van der Waals surface area (Å²) in [7, 11) is -4.28. The van der Waals surface area contributed by atoms with Crippen molar-refractivity contribution in [3.05, 3.63) is 66.7 Å². The number of fused-ring (bicyclic) bond motifs is 1. The van der Waals surface area contributed by atoms with Gasteiger partial charge in [0.2, 0.25) is 0 Å². The van der Waals surface area contributed by atoms with E-state index in [4.69, 9.17) is 0 Å². The molecule has 2 N–H and O–H groups in total. The lowest BCUT2D eigenvalue weighted by atomic mass is 10.1. The van der Waals surface area contributed by atoms with Gasteiger partial charge in [-0.3, -0.25) is 4.55 Å². The highest BCUT2D eigenvalue weighted by molar-refractivity contribution is 7.86. The Morgan fingerprint density at radius 1 is 0.810 bits per heavy atom. The summed E-state index contributed by atoms with van der Waals surface area (Å²) in [6.45, 7) is 0. The van der Waals surface area contributed by atoms with Gasteiger partial charge in [-0.2, -0.15) is 8.42 Å². The van der Waals surface area contributed by atoms with Gasteiger partial charge in [-0.15, -0.1) is 0 Å². The average molecular weight is 299 g/mol. The van der Waals surface area contributed by atoms with Crippen molar-refractivity contribution >= 4 is 32.3 Å².